The second-order valence-electron chi connectivity index (χ2n) is 7.85. The van der Waals surface area contributed by atoms with Gasteiger partial charge < -0.3 is 19.9 Å². The molecular formula is C24H29N5O3S. The Kier molecular flexibility index (Phi) is 8.11. The van der Waals surface area contributed by atoms with Crippen LogP contribution in [0.25, 0.3) is 0 Å². The second-order valence-corrected chi connectivity index (χ2v) is 8.79. The number of carbonyl (C=O) groups excluding carboxylic acids is 2. The molecule has 2 N–H and O–H groups in total. The topological polar surface area (TPSA) is 98.1 Å². The molecule has 0 bridgehead atoms. The van der Waals surface area contributed by atoms with Gasteiger partial charge in [-0.25, -0.2) is 0 Å². The van der Waals surface area contributed by atoms with E-state index in [1.165, 1.54) is 11.8 Å². The van der Waals surface area contributed by atoms with Gasteiger partial charge in [0.1, 0.15) is 5.75 Å². The van der Waals surface area contributed by atoms with Crippen molar-refractivity contribution in [3.8, 4) is 5.75 Å². The third-order valence-corrected chi connectivity index (χ3v) is 6.22. The van der Waals surface area contributed by atoms with Crippen molar-refractivity contribution < 1.29 is 14.3 Å². The standard InChI is InChI=1S/C24H29N5O3S/c1-15-8-6-9-16(2)22(15)26-21(31)14-33-24-28-27-19(29(24)5)12-25-20(30)13-32-23-17(3)10-7-11-18(23)4/h6-11H,12-14H2,1-5H3,(H,25,30)(H,26,31). The number of amides is 2. The van der Waals surface area contributed by atoms with Crippen molar-refractivity contribution in [3.63, 3.8) is 0 Å². The molecule has 3 rings (SSSR count). The first kappa shape index (κ1) is 24.3. The molecular weight excluding hydrogens is 438 g/mol. The Balaban J connectivity index is 1.48. The summed E-state index contributed by atoms with van der Waals surface area (Å²) in [4.78, 5) is 24.6. The normalized spacial score (nSPS) is 10.7. The number of rotatable bonds is 9. The number of benzene rings is 2. The van der Waals surface area contributed by atoms with Gasteiger partial charge in [-0.05, 0) is 49.9 Å². The monoisotopic (exact) mass is 467 g/mol. The van der Waals surface area contributed by atoms with E-state index >= 15 is 0 Å². The Labute approximate surface area is 198 Å². The Bertz CT molecular complexity index is 1120. The number of anilines is 1. The van der Waals surface area contributed by atoms with Gasteiger partial charge >= 0.3 is 0 Å². The molecule has 0 unspecified atom stereocenters. The van der Waals surface area contributed by atoms with Crippen molar-refractivity contribution in [3.05, 3.63) is 64.5 Å². The van der Waals surface area contributed by atoms with Crippen LogP contribution in [0.5, 0.6) is 5.75 Å². The number of hydrogen-bond acceptors (Lipinski definition) is 6. The zero-order valence-corrected chi connectivity index (χ0v) is 20.4. The van der Waals surface area contributed by atoms with Crippen molar-refractivity contribution in [1.29, 1.82) is 0 Å². The Morgan fingerprint density at radius 3 is 2.18 bits per heavy atom. The quantitative estimate of drug-likeness (QED) is 0.468. The average molecular weight is 468 g/mol. The summed E-state index contributed by atoms with van der Waals surface area (Å²) in [6.45, 7) is 7.96. The van der Waals surface area contributed by atoms with Crippen molar-refractivity contribution in [2.75, 3.05) is 17.7 Å². The Hall–Kier alpha value is -3.33. The molecule has 0 aliphatic heterocycles. The number of nitrogens with one attached hydrogen (secondary N) is 2. The lowest BCUT2D eigenvalue weighted by Crippen LogP contribution is -2.29. The van der Waals surface area contributed by atoms with E-state index in [0.29, 0.717) is 11.0 Å². The van der Waals surface area contributed by atoms with Crippen molar-refractivity contribution in [1.82, 2.24) is 20.1 Å². The highest BCUT2D eigenvalue weighted by Gasteiger charge is 2.14. The first-order chi connectivity index (χ1) is 15.8. The molecule has 1 aromatic heterocycles. The molecule has 2 aromatic carbocycles. The number of ether oxygens (including phenoxy) is 1. The van der Waals surface area contributed by atoms with E-state index < -0.39 is 0 Å². The molecule has 0 fully saturated rings. The molecule has 174 valence electrons. The van der Waals surface area contributed by atoms with Crippen molar-refractivity contribution >= 4 is 29.3 Å². The molecule has 2 amide bonds. The maximum atomic E-state index is 12.4. The van der Waals surface area contributed by atoms with E-state index in [4.69, 9.17) is 4.74 Å². The van der Waals surface area contributed by atoms with Gasteiger partial charge in [-0.1, -0.05) is 48.2 Å². The van der Waals surface area contributed by atoms with E-state index in [1.807, 2.05) is 64.1 Å². The molecule has 3 aromatic rings. The minimum Gasteiger partial charge on any atom is -0.483 e. The molecule has 1 heterocycles. The lowest BCUT2D eigenvalue weighted by molar-refractivity contribution is -0.123. The summed E-state index contributed by atoms with van der Waals surface area (Å²) in [5, 5.41) is 14.6. The maximum Gasteiger partial charge on any atom is 0.258 e. The van der Waals surface area contributed by atoms with E-state index in [2.05, 4.69) is 20.8 Å². The Morgan fingerprint density at radius 2 is 1.55 bits per heavy atom. The number of thioether (sulfide) groups is 1. The van der Waals surface area contributed by atoms with Gasteiger partial charge in [0.25, 0.3) is 5.91 Å². The lowest BCUT2D eigenvalue weighted by Gasteiger charge is -2.12. The third-order valence-electron chi connectivity index (χ3n) is 5.20. The molecule has 0 aliphatic rings. The van der Waals surface area contributed by atoms with Gasteiger partial charge in [-0.2, -0.15) is 0 Å². The number of para-hydroxylation sites is 2. The molecule has 33 heavy (non-hydrogen) atoms. The smallest absolute Gasteiger partial charge is 0.258 e. The largest absolute Gasteiger partial charge is 0.483 e. The van der Waals surface area contributed by atoms with Gasteiger partial charge in [0.2, 0.25) is 5.91 Å². The van der Waals surface area contributed by atoms with E-state index in [-0.39, 0.29) is 30.7 Å². The predicted octanol–water partition coefficient (Wildman–Crippen LogP) is 3.47. The van der Waals surface area contributed by atoms with Crippen LogP contribution >= 0.6 is 11.8 Å². The number of hydrogen-bond donors (Lipinski definition) is 2. The summed E-state index contributed by atoms with van der Waals surface area (Å²) in [7, 11) is 1.81. The molecule has 0 radical (unpaired) electrons. The fraction of sp³-hybridized carbons (Fsp3) is 0.333. The molecule has 0 atom stereocenters. The number of aromatic nitrogens is 3. The fourth-order valence-electron chi connectivity index (χ4n) is 3.34. The highest BCUT2D eigenvalue weighted by atomic mass is 32.2. The van der Waals surface area contributed by atoms with Gasteiger partial charge in [-0.15, -0.1) is 10.2 Å². The van der Waals surface area contributed by atoms with Crippen LogP contribution in [-0.4, -0.2) is 38.9 Å². The molecule has 0 saturated heterocycles. The molecule has 0 aliphatic carbocycles. The number of carbonyl (C=O) groups is 2. The predicted molar refractivity (Wildman–Crippen MR) is 130 cm³/mol. The van der Waals surface area contributed by atoms with E-state index in [1.54, 1.807) is 11.6 Å². The van der Waals surface area contributed by atoms with Crippen LogP contribution in [0, 0.1) is 27.7 Å². The first-order valence-electron chi connectivity index (χ1n) is 10.6. The number of aryl methyl sites for hydroxylation is 4. The molecule has 0 spiro atoms. The van der Waals surface area contributed by atoms with Crippen LogP contribution in [-0.2, 0) is 23.2 Å². The third kappa shape index (κ3) is 6.35. The van der Waals surface area contributed by atoms with Gasteiger partial charge in [-0.3, -0.25) is 9.59 Å². The van der Waals surface area contributed by atoms with Crippen molar-refractivity contribution in [2.24, 2.45) is 7.05 Å². The number of nitrogens with zero attached hydrogens (tertiary/aromatic N) is 3. The van der Waals surface area contributed by atoms with Crippen molar-refractivity contribution in [2.45, 2.75) is 39.4 Å². The van der Waals surface area contributed by atoms with Gasteiger partial charge in [0, 0.05) is 12.7 Å². The van der Waals surface area contributed by atoms with E-state index in [0.717, 1.165) is 33.7 Å². The zero-order valence-electron chi connectivity index (χ0n) is 19.6. The highest BCUT2D eigenvalue weighted by molar-refractivity contribution is 7.99. The van der Waals surface area contributed by atoms with E-state index in [9.17, 15) is 9.59 Å². The SMILES string of the molecule is Cc1cccc(C)c1NC(=O)CSc1nnc(CNC(=O)COc2c(C)cccc2C)n1C. The maximum absolute atomic E-state index is 12.4. The zero-order chi connectivity index (χ0) is 24.0. The summed E-state index contributed by atoms with van der Waals surface area (Å²) in [6.07, 6.45) is 0. The van der Waals surface area contributed by atoms with Crippen LogP contribution < -0.4 is 15.4 Å². The van der Waals surface area contributed by atoms with Crippen LogP contribution in [0.3, 0.4) is 0 Å². The molecule has 0 saturated carbocycles. The minimum absolute atomic E-state index is 0.0797. The second kappa shape index (κ2) is 11.0. The molecule has 9 heteroatoms. The minimum atomic E-state index is -0.247. The molecule has 8 nitrogen and oxygen atoms in total. The lowest BCUT2D eigenvalue weighted by atomic mass is 10.1. The van der Waals surface area contributed by atoms with Crippen LogP contribution in [0.15, 0.2) is 41.6 Å². The van der Waals surface area contributed by atoms with Crippen LogP contribution in [0.1, 0.15) is 28.1 Å². The first-order valence-corrected chi connectivity index (χ1v) is 11.6. The summed E-state index contributed by atoms with van der Waals surface area (Å²) >= 11 is 1.29. The summed E-state index contributed by atoms with van der Waals surface area (Å²) in [6, 6.07) is 11.7. The highest BCUT2D eigenvalue weighted by Crippen LogP contribution is 2.22. The van der Waals surface area contributed by atoms with Gasteiger partial charge in [0.15, 0.2) is 17.6 Å². The van der Waals surface area contributed by atoms with Gasteiger partial charge in [0.05, 0.1) is 12.3 Å². The fourth-order valence-corrected chi connectivity index (χ4v) is 4.07. The average Bonchev–Trinajstić information content (AvgIpc) is 3.12. The van der Waals surface area contributed by atoms with Crippen LogP contribution in [0.4, 0.5) is 5.69 Å². The Morgan fingerprint density at radius 1 is 0.939 bits per heavy atom. The van der Waals surface area contributed by atoms with Crippen LogP contribution in [0.2, 0.25) is 0 Å². The summed E-state index contributed by atoms with van der Waals surface area (Å²) < 4.78 is 7.45. The summed E-state index contributed by atoms with van der Waals surface area (Å²) in [5.41, 5.74) is 4.85. The summed E-state index contributed by atoms with van der Waals surface area (Å²) in [5.74, 6) is 1.16.